The number of ether oxygens (including phenoxy) is 2. The van der Waals surface area contributed by atoms with E-state index in [2.05, 4.69) is 9.97 Å². The van der Waals surface area contributed by atoms with Gasteiger partial charge in [-0.05, 0) is 24.5 Å². The number of benzene rings is 2. The minimum Gasteiger partial charge on any atom is -0.467 e. The van der Waals surface area contributed by atoms with Gasteiger partial charge in [-0.2, -0.15) is 8.78 Å². The Morgan fingerprint density at radius 3 is 2.28 bits per heavy atom. The molecule has 188 valence electrons. The van der Waals surface area contributed by atoms with E-state index < -0.39 is 37.7 Å². The summed E-state index contributed by atoms with van der Waals surface area (Å²) in [4.78, 5) is 7.13. The molecule has 5 rings (SSSR count). The molecule has 0 radical (unpaired) electrons. The minimum atomic E-state index is -3.37. The molecule has 36 heavy (non-hydrogen) atoms. The van der Waals surface area contributed by atoms with E-state index in [1.807, 2.05) is 36.4 Å². The van der Waals surface area contributed by atoms with Gasteiger partial charge >= 0.3 is 5.92 Å². The SMILES string of the molecule is CP(C)(=O)c1ccc(-c2ccc(-c3nc4cc(O[C@@H]5CO[C@H](CO)C5(F)F)[nH]c4cc3F)cc2)cc1. The molecule has 1 aliphatic rings. The molecule has 0 spiro atoms. The molecule has 3 heterocycles. The molecular formula is C26H24F3N2O4P. The van der Waals surface area contributed by atoms with E-state index in [1.165, 1.54) is 12.1 Å². The standard InChI is InChI=1S/C26H24F3N2O4P/c1-36(2,33)18-9-7-16(8-10-18)15-3-5-17(6-4-15)25-19(27)11-20-21(31-25)12-24(30-20)35-23-14-34-22(13-32)26(23,28)29/h3-12,22-23,30,32H,13-14H2,1-2H3/t22-,23-/m1/s1. The number of aliphatic hydroxyl groups excluding tert-OH is 1. The van der Waals surface area contributed by atoms with Crippen LogP contribution >= 0.6 is 7.14 Å². The van der Waals surface area contributed by atoms with Crippen LogP contribution in [0.5, 0.6) is 5.88 Å². The largest absolute Gasteiger partial charge is 0.467 e. The molecule has 10 heteroatoms. The Labute approximate surface area is 205 Å². The molecule has 1 aliphatic heterocycles. The minimum absolute atomic E-state index is 0.00316. The van der Waals surface area contributed by atoms with E-state index in [9.17, 15) is 17.7 Å². The van der Waals surface area contributed by atoms with Crippen molar-refractivity contribution >= 4 is 23.5 Å². The lowest BCUT2D eigenvalue weighted by Gasteiger charge is -2.21. The summed E-state index contributed by atoms with van der Waals surface area (Å²) in [6.45, 7) is 2.24. The molecule has 0 aliphatic carbocycles. The molecule has 0 bridgehead atoms. The number of nitrogens with one attached hydrogen (secondary N) is 1. The van der Waals surface area contributed by atoms with E-state index in [1.54, 1.807) is 25.5 Å². The van der Waals surface area contributed by atoms with E-state index >= 15 is 0 Å². The third kappa shape index (κ3) is 4.54. The van der Waals surface area contributed by atoms with Gasteiger partial charge in [0.1, 0.15) is 18.9 Å². The fraction of sp³-hybridized carbons (Fsp3) is 0.269. The van der Waals surface area contributed by atoms with Crippen LogP contribution in [0.15, 0.2) is 60.7 Å². The Morgan fingerprint density at radius 1 is 1.08 bits per heavy atom. The summed E-state index contributed by atoms with van der Waals surface area (Å²) in [6, 6.07) is 17.4. The van der Waals surface area contributed by atoms with Crippen molar-refractivity contribution in [2.75, 3.05) is 26.5 Å². The van der Waals surface area contributed by atoms with Crippen molar-refractivity contribution in [3.05, 3.63) is 66.5 Å². The predicted octanol–water partition coefficient (Wildman–Crippen LogP) is 5.06. The van der Waals surface area contributed by atoms with Gasteiger partial charge in [-0.3, -0.25) is 0 Å². The van der Waals surface area contributed by atoms with Crippen LogP contribution in [0.1, 0.15) is 0 Å². The van der Waals surface area contributed by atoms with Crippen LogP contribution < -0.4 is 10.0 Å². The fourth-order valence-corrected chi connectivity index (χ4v) is 5.05. The van der Waals surface area contributed by atoms with Crippen molar-refractivity contribution in [1.82, 2.24) is 9.97 Å². The number of aromatic nitrogens is 2. The second-order valence-electron chi connectivity index (χ2n) is 9.15. The maximum atomic E-state index is 14.9. The first-order valence-corrected chi connectivity index (χ1v) is 13.9. The predicted molar refractivity (Wildman–Crippen MR) is 132 cm³/mol. The number of H-pyrrole nitrogens is 1. The number of aliphatic hydroxyl groups is 1. The number of fused-ring (bicyclic) bond motifs is 1. The van der Waals surface area contributed by atoms with Gasteiger partial charge in [-0.1, -0.05) is 48.5 Å². The average molecular weight is 516 g/mol. The lowest BCUT2D eigenvalue weighted by Crippen LogP contribution is -2.43. The number of hydrogen-bond acceptors (Lipinski definition) is 5. The number of aromatic amines is 1. The van der Waals surface area contributed by atoms with Gasteiger partial charge in [-0.25, -0.2) is 9.37 Å². The molecule has 6 nitrogen and oxygen atoms in total. The zero-order valence-corrected chi connectivity index (χ0v) is 20.4. The fourth-order valence-electron chi connectivity index (χ4n) is 4.18. The molecular weight excluding hydrogens is 492 g/mol. The van der Waals surface area contributed by atoms with Gasteiger partial charge in [0, 0.05) is 23.0 Å². The lowest BCUT2D eigenvalue weighted by atomic mass is 10.0. The van der Waals surface area contributed by atoms with Crippen molar-refractivity contribution in [1.29, 1.82) is 0 Å². The number of rotatable bonds is 6. The highest BCUT2D eigenvalue weighted by atomic mass is 31.2. The second kappa shape index (κ2) is 9.07. The Bertz CT molecular complexity index is 1450. The van der Waals surface area contributed by atoms with Crippen LogP contribution in [-0.4, -0.2) is 59.7 Å². The zero-order chi connectivity index (χ0) is 25.7. The summed E-state index contributed by atoms with van der Waals surface area (Å²) >= 11 is 0. The first-order valence-electron chi connectivity index (χ1n) is 11.3. The van der Waals surface area contributed by atoms with Crippen LogP contribution in [0.25, 0.3) is 33.4 Å². The quantitative estimate of drug-likeness (QED) is 0.350. The summed E-state index contributed by atoms with van der Waals surface area (Å²) in [5.74, 6) is -3.95. The van der Waals surface area contributed by atoms with Crippen molar-refractivity contribution in [3.63, 3.8) is 0 Å². The number of pyridine rings is 1. The van der Waals surface area contributed by atoms with Crippen LogP contribution in [0, 0.1) is 5.82 Å². The maximum absolute atomic E-state index is 14.9. The van der Waals surface area contributed by atoms with Gasteiger partial charge in [0.25, 0.3) is 0 Å². The lowest BCUT2D eigenvalue weighted by molar-refractivity contribution is -0.118. The second-order valence-corrected chi connectivity index (χ2v) is 12.4. The van der Waals surface area contributed by atoms with Gasteiger partial charge < -0.3 is 24.1 Å². The van der Waals surface area contributed by atoms with E-state index in [-0.39, 0.29) is 18.2 Å². The molecule has 0 saturated carbocycles. The Morgan fingerprint density at radius 2 is 1.69 bits per heavy atom. The summed E-state index contributed by atoms with van der Waals surface area (Å²) in [7, 11) is -2.34. The van der Waals surface area contributed by atoms with E-state index in [0.29, 0.717) is 16.6 Å². The maximum Gasteiger partial charge on any atom is 0.314 e. The number of nitrogens with zero attached hydrogens (tertiary/aromatic N) is 1. The number of halogens is 3. The summed E-state index contributed by atoms with van der Waals surface area (Å²) in [6.07, 6.45) is -3.22. The molecule has 2 aromatic heterocycles. The first kappa shape index (κ1) is 24.6. The Balaban J connectivity index is 1.38. The first-order chi connectivity index (χ1) is 17.1. The molecule has 2 atom stereocenters. The molecule has 4 aromatic rings. The van der Waals surface area contributed by atoms with Crippen molar-refractivity contribution < 1.29 is 32.3 Å². The van der Waals surface area contributed by atoms with Crippen LogP contribution in [0.2, 0.25) is 0 Å². The number of hydrogen-bond donors (Lipinski definition) is 2. The van der Waals surface area contributed by atoms with E-state index in [0.717, 1.165) is 16.4 Å². The van der Waals surface area contributed by atoms with Crippen molar-refractivity contribution in [2.45, 2.75) is 18.1 Å². The van der Waals surface area contributed by atoms with Crippen molar-refractivity contribution in [2.24, 2.45) is 0 Å². The van der Waals surface area contributed by atoms with Crippen LogP contribution in [-0.2, 0) is 9.30 Å². The topological polar surface area (TPSA) is 84.4 Å². The van der Waals surface area contributed by atoms with Gasteiger partial charge in [0.15, 0.2) is 17.8 Å². The third-order valence-electron chi connectivity index (χ3n) is 6.25. The Kier molecular flexibility index (Phi) is 6.19. The third-order valence-corrected chi connectivity index (χ3v) is 7.80. The average Bonchev–Trinajstić information content (AvgIpc) is 3.36. The zero-order valence-electron chi connectivity index (χ0n) is 19.5. The highest BCUT2D eigenvalue weighted by Gasteiger charge is 2.55. The summed E-state index contributed by atoms with van der Waals surface area (Å²) < 4.78 is 66.0. The number of alkyl halides is 2. The molecule has 0 unspecified atom stereocenters. The monoisotopic (exact) mass is 516 g/mol. The highest BCUT2D eigenvalue weighted by Crippen LogP contribution is 2.37. The van der Waals surface area contributed by atoms with Gasteiger partial charge in [0.2, 0.25) is 0 Å². The highest BCUT2D eigenvalue weighted by molar-refractivity contribution is 7.70. The van der Waals surface area contributed by atoms with Crippen LogP contribution in [0.3, 0.4) is 0 Å². The van der Waals surface area contributed by atoms with E-state index in [4.69, 9.17) is 14.6 Å². The van der Waals surface area contributed by atoms with Crippen molar-refractivity contribution in [3.8, 4) is 28.3 Å². The molecule has 2 N–H and O–H groups in total. The summed E-state index contributed by atoms with van der Waals surface area (Å²) in [5, 5.41) is 9.86. The normalized spacial score (nSPS) is 19.6. The molecule has 1 saturated heterocycles. The smallest absolute Gasteiger partial charge is 0.314 e. The van der Waals surface area contributed by atoms with Gasteiger partial charge in [-0.15, -0.1) is 0 Å². The van der Waals surface area contributed by atoms with Crippen LogP contribution in [0.4, 0.5) is 13.2 Å². The van der Waals surface area contributed by atoms with Gasteiger partial charge in [0.05, 0.1) is 24.2 Å². The molecule has 0 amide bonds. The Hall–Kier alpha value is -3.13. The molecule has 1 fully saturated rings. The molecule has 2 aromatic carbocycles. The summed E-state index contributed by atoms with van der Waals surface area (Å²) in [5.41, 5.74) is 3.16.